The van der Waals surface area contributed by atoms with Crippen molar-refractivity contribution in [1.82, 2.24) is 0 Å². The van der Waals surface area contributed by atoms with Gasteiger partial charge in [-0.3, -0.25) is 0 Å². The monoisotopic (exact) mass is 249 g/mol. The lowest BCUT2D eigenvalue weighted by Crippen LogP contribution is -2.03. The van der Waals surface area contributed by atoms with E-state index in [0.717, 1.165) is 18.9 Å². The Kier molecular flexibility index (Phi) is 7.31. The van der Waals surface area contributed by atoms with E-state index in [1.165, 1.54) is 43.4 Å². The van der Waals surface area contributed by atoms with Gasteiger partial charge >= 0.3 is 0 Å². The summed E-state index contributed by atoms with van der Waals surface area (Å²) < 4.78 is 5.48. The van der Waals surface area contributed by atoms with Crippen LogP contribution in [0, 0.1) is 6.92 Å². The van der Waals surface area contributed by atoms with E-state index in [1.54, 1.807) is 0 Å². The van der Waals surface area contributed by atoms with Gasteiger partial charge in [0.2, 0.25) is 0 Å². The smallest absolute Gasteiger partial charge is 0.119 e. The molecule has 1 aromatic rings. The molecule has 0 aliphatic heterocycles. The second-order valence-corrected chi connectivity index (χ2v) is 4.75. The molecule has 2 heteroatoms. The molecule has 0 atom stereocenters. The topological polar surface area (TPSA) is 21.3 Å². The van der Waals surface area contributed by atoms with E-state index in [0.29, 0.717) is 0 Å². The van der Waals surface area contributed by atoms with Crippen LogP contribution in [0.1, 0.15) is 51.5 Å². The lowest BCUT2D eigenvalue weighted by molar-refractivity contribution is 0.340. The summed E-state index contributed by atoms with van der Waals surface area (Å²) in [7, 11) is 0. The molecule has 1 N–H and O–H groups in total. The van der Waals surface area contributed by atoms with Gasteiger partial charge in [-0.05, 0) is 44.0 Å². The molecule has 0 aromatic heterocycles. The highest BCUT2D eigenvalue weighted by Crippen LogP contribution is 2.21. The summed E-state index contributed by atoms with van der Waals surface area (Å²) >= 11 is 0. The van der Waals surface area contributed by atoms with E-state index in [2.05, 4.69) is 31.3 Å². The highest BCUT2D eigenvalue weighted by molar-refractivity contribution is 5.53. The number of hydrogen-bond donors (Lipinski definition) is 1. The first kappa shape index (κ1) is 14.9. The first-order valence-corrected chi connectivity index (χ1v) is 7.25. The number of hydrogen-bond acceptors (Lipinski definition) is 2. The van der Waals surface area contributed by atoms with Crippen LogP contribution in [0.15, 0.2) is 18.2 Å². The SMILES string of the molecule is CCCCCCCNc1ccc(OCC)cc1C. The highest BCUT2D eigenvalue weighted by Gasteiger charge is 2.00. The van der Waals surface area contributed by atoms with Crippen molar-refractivity contribution in [2.24, 2.45) is 0 Å². The summed E-state index contributed by atoms with van der Waals surface area (Å²) in [6.45, 7) is 8.18. The number of anilines is 1. The van der Waals surface area contributed by atoms with Crippen molar-refractivity contribution in [2.75, 3.05) is 18.5 Å². The fraction of sp³-hybridized carbons (Fsp3) is 0.625. The number of unbranched alkanes of at least 4 members (excludes halogenated alkanes) is 4. The Morgan fingerprint density at radius 3 is 2.50 bits per heavy atom. The van der Waals surface area contributed by atoms with E-state index in [4.69, 9.17) is 4.74 Å². The zero-order chi connectivity index (χ0) is 13.2. The highest BCUT2D eigenvalue weighted by atomic mass is 16.5. The fourth-order valence-corrected chi connectivity index (χ4v) is 2.04. The van der Waals surface area contributed by atoms with E-state index in [1.807, 2.05) is 13.0 Å². The zero-order valence-electron chi connectivity index (χ0n) is 12.1. The van der Waals surface area contributed by atoms with Crippen LogP contribution in [-0.4, -0.2) is 13.2 Å². The van der Waals surface area contributed by atoms with Gasteiger partial charge in [0.05, 0.1) is 6.61 Å². The summed E-state index contributed by atoms with van der Waals surface area (Å²) in [4.78, 5) is 0. The van der Waals surface area contributed by atoms with E-state index >= 15 is 0 Å². The molecule has 0 spiro atoms. The molecule has 102 valence electrons. The first-order valence-electron chi connectivity index (χ1n) is 7.25. The van der Waals surface area contributed by atoms with Crippen LogP contribution in [0.4, 0.5) is 5.69 Å². The third kappa shape index (κ3) is 5.44. The Labute approximate surface area is 112 Å². The molecular formula is C16H27NO. The van der Waals surface area contributed by atoms with Gasteiger partial charge < -0.3 is 10.1 Å². The molecular weight excluding hydrogens is 222 g/mol. The zero-order valence-corrected chi connectivity index (χ0v) is 12.1. The van der Waals surface area contributed by atoms with Crippen LogP contribution in [0.25, 0.3) is 0 Å². The molecule has 18 heavy (non-hydrogen) atoms. The maximum atomic E-state index is 5.48. The Hall–Kier alpha value is -1.18. The molecule has 2 nitrogen and oxygen atoms in total. The van der Waals surface area contributed by atoms with Gasteiger partial charge in [-0.1, -0.05) is 32.6 Å². The van der Waals surface area contributed by atoms with Gasteiger partial charge in [0.15, 0.2) is 0 Å². The average molecular weight is 249 g/mol. The second-order valence-electron chi connectivity index (χ2n) is 4.75. The number of benzene rings is 1. The predicted octanol–water partition coefficient (Wildman–Crippen LogP) is 4.78. The summed E-state index contributed by atoms with van der Waals surface area (Å²) in [6.07, 6.45) is 6.62. The Morgan fingerprint density at radius 1 is 1.06 bits per heavy atom. The lowest BCUT2D eigenvalue weighted by atomic mass is 10.1. The Morgan fingerprint density at radius 2 is 1.83 bits per heavy atom. The third-order valence-corrected chi connectivity index (χ3v) is 3.10. The minimum Gasteiger partial charge on any atom is -0.494 e. The van der Waals surface area contributed by atoms with Crippen molar-refractivity contribution in [3.05, 3.63) is 23.8 Å². The number of ether oxygens (including phenoxy) is 1. The number of nitrogens with one attached hydrogen (secondary N) is 1. The second kappa shape index (κ2) is 8.84. The molecule has 0 saturated heterocycles. The molecule has 0 saturated carbocycles. The quantitative estimate of drug-likeness (QED) is 0.636. The molecule has 1 aromatic carbocycles. The number of aryl methyl sites for hydroxylation is 1. The Bertz CT molecular complexity index is 336. The third-order valence-electron chi connectivity index (χ3n) is 3.10. The van der Waals surface area contributed by atoms with Crippen molar-refractivity contribution < 1.29 is 4.74 Å². The molecule has 1 rings (SSSR count). The van der Waals surface area contributed by atoms with Crippen molar-refractivity contribution in [3.8, 4) is 5.75 Å². The normalized spacial score (nSPS) is 10.4. The maximum Gasteiger partial charge on any atom is 0.119 e. The average Bonchev–Trinajstić information content (AvgIpc) is 2.36. The summed E-state index contributed by atoms with van der Waals surface area (Å²) in [5.74, 6) is 0.962. The van der Waals surface area contributed by atoms with E-state index < -0.39 is 0 Å². The van der Waals surface area contributed by atoms with Crippen molar-refractivity contribution in [2.45, 2.75) is 52.9 Å². The van der Waals surface area contributed by atoms with Crippen molar-refractivity contribution in [3.63, 3.8) is 0 Å². The summed E-state index contributed by atoms with van der Waals surface area (Å²) in [5.41, 5.74) is 2.49. The van der Waals surface area contributed by atoms with Gasteiger partial charge in [0, 0.05) is 12.2 Å². The van der Waals surface area contributed by atoms with Crippen molar-refractivity contribution in [1.29, 1.82) is 0 Å². The van der Waals surface area contributed by atoms with Gasteiger partial charge in [0.25, 0.3) is 0 Å². The minimum atomic E-state index is 0.726. The standard InChI is InChI=1S/C16H27NO/c1-4-6-7-8-9-12-17-16-11-10-15(18-5-2)13-14(16)3/h10-11,13,17H,4-9,12H2,1-3H3. The molecule has 0 fully saturated rings. The van der Waals surface area contributed by atoms with E-state index in [-0.39, 0.29) is 0 Å². The first-order chi connectivity index (χ1) is 8.77. The van der Waals surface area contributed by atoms with Crippen LogP contribution < -0.4 is 10.1 Å². The fourth-order valence-electron chi connectivity index (χ4n) is 2.04. The predicted molar refractivity (Wildman–Crippen MR) is 79.6 cm³/mol. The van der Waals surface area contributed by atoms with Crippen LogP contribution in [0.3, 0.4) is 0 Å². The molecule has 0 unspecified atom stereocenters. The largest absolute Gasteiger partial charge is 0.494 e. The van der Waals surface area contributed by atoms with Gasteiger partial charge in [-0.2, -0.15) is 0 Å². The van der Waals surface area contributed by atoms with Crippen LogP contribution in [0.2, 0.25) is 0 Å². The molecule has 0 bridgehead atoms. The van der Waals surface area contributed by atoms with Crippen LogP contribution in [0.5, 0.6) is 5.75 Å². The number of rotatable bonds is 9. The molecule has 0 aliphatic rings. The molecule has 0 radical (unpaired) electrons. The van der Waals surface area contributed by atoms with E-state index in [9.17, 15) is 0 Å². The lowest BCUT2D eigenvalue weighted by Gasteiger charge is -2.11. The van der Waals surface area contributed by atoms with Gasteiger partial charge in [-0.25, -0.2) is 0 Å². The molecule has 0 amide bonds. The summed E-state index contributed by atoms with van der Waals surface area (Å²) in [6, 6.07) is 6.26. The van der Waals surface area contributed by atoms with Gasteiger partial charge in [0.1, 0.15) is 5.75 Å². The van der Waals surface area contributed by atoms with Crippen LogP contribution >= 0.6 is 0 Å². The minimum absolute atomic E-state index is 0.726. The maximum absolute atomic E-state index is 5.48. The Balaban J connectivity index is 2.29. The van der Waals surface area contributed by atoms with Gasteiger partial charge in [-0.15, -0.1) is 0 Å². The van der Waals surface area contributed by atoms with Crippen molar-refractivity contribution >= 4 is 5.69 Å². The molecule has 0 heterocycles. The molecule has 0 aliphatic carbocycles. The van der Waals surface area contributed by atoms with Crippen LogP contribution in [-0.2, 0) is 0 Å². The summed E-state index contributed by atoms with van der Waals surface area (Å²) in [5, 5.41) is 3.50.